The van der Waals surface area contributed by atoms with Crippen LogP contribution in [0.5, 0.6) is 0 Å². The van der Waals surface area contributed by atoms with Crippen molar-refractivity contribution in [3.63, 3.8) is 0 Å². The van der Waals surface area contributed by atoms with Crippen LogP contribution in [-0.4, -0.2) is 57.7 Å². The Hall–Kier alpha value is -1.54. The standard InChI is InChI=1S/C15H19F2NO4S/c1-3-11-4-5-12(23(2,20)21)8-13(11)14(19)18-6-7-22-10-15(16,17)9-18/h4-5,8H,3,6-7,9-10H2,1-2H3. The first-order chi connectivity index (χ1) is 10.6. The zero-order valence-electron chi connectivity index (χ0n) is 13.0. The van der Waals surface area contributed by atoms with Gasteiger partial charge < -0.3 is 9.64 Å². The smallest absolute Gasteiger partial charge is 0.288 e. The zero-order chi connectivity index (χ0) is 17.3. The highest BCUT2D eigenvalue weighted by molar-refractivity contribution is 7.90. The summed E-state index contributed by atoms with van der Waals surface area (Å²) in [5.41, 5.74) is 0.768. The molecule has 23 heavy (non-hydrogen) atoms. The van der Waals surface area contributed by atoms with Crippen molar-refractivity contribution >= 4 is 15.7 Å². The Labute approximate surface area is 134 Å². The number of amides is 1. The average Bonchev–Trinajstić information content (AvgIpc) is 2.65. The van der Waals surface area contributed by atoms with Gasteiger partial charge in [0.1, 0.15) is 6.61 Å². The van der Waals surface area contributed by atoms with Gasteiger partial charge in [-0.3, -0.25) is 4.79 Å². The first-order valence-corrected chi connectivity index (χ1v) is 9.11. The highest BCUT2D eigenvalue weighted by atomic mass is 32.2. The third kappa shape index (κ3) is 4.26. The third-order valence-electron chi connectivity index (χ3n) is 3.65. The predicted octanol–water partition coefficient (Wildman–Crippen LogP) is 1.76. The normalized spacial score (nSPS) is 18.5. The number of benzene rings is 1. The van der Waals surface area contributed by atoms with Gasteiger partial charge >= 0.3 is 0 Å². The lowest BCUT2D eigenvalue weighted by molar-refractivity contribution is -0.0660. The summed E-state index contributed by atoms with van der Waals surface area (Å²) < 4.78 is 55.4. The number of hydrogen-bond donors (Lipinski definition) is 0. The molecule has 0 aliphatic carbocycles. The molecule has 1 heterocycles. The fourth-order valence-corrected chi connectivity index (χ4v) is 3.08. The molecule has 0 spiro atoms. The number of sulfone groups is 1. The molecule has 2 rings (SSSR count). The summed E-state index contributed by atoms with van der Waals surface area (Å²) in [5.74, 6) is -3.72. The van der Waals surface area contributed by atoms with Crippen molar-refractivity contribution in [2.75, 3.05) is 32.6 Å². The van der Waals surface area contributed by atoms with E-state index in [0.717, 1.165) is 11.2 Å². The average molecular weight is 347 g/mol. The number of alkyl halides is 2. The quantitative estimate of drug-likeness (QED) is 0.836. The topological polar surface area (TPSA) is 63.7 Å². The minimum Gasteiger partial charge on any atom is -0.373 e. The molecule has 0 N–H and O–H groups in total. The van der Waals surface area contributed by atoms with Crippen LogP contribution >= 0.6 is 0 Å². The zero-order valence-corrected chi connectivity index (χ0v) is 13.8. The minimum atomic E-state index is -3.49. The predicted molar refractivity (Wildman–Crippen MR) is 80.6 cm³/mol. The maximum absolute atomic E-state index is 13.6. The molecule has 8 heteroatoms. The Kier molecular flexibility index (Phi) is 5.05. The molecule has 1 amide bonds. The number of rotatable bonds is 3. The Morgan fingerprint density at radius 1 is 1.39 bits per heavy atom. The van der Waals surface area contributed by atoms with Crippen LogP contribution in [0.15, 0.2) is 23.1 Å². The Morgan fingerprint density at radius 2 is 2.09 bits per heavy atom. The minimum absolute atomic E-state index is 0.00381. The highest BCUT2D eigenvalue weighted by Crippen LogP contribution is 2.23. The molecule has 0 radical (unpaired) electrons. The van der Waals surface area contributed by atoms with Crippen molar-refractivity contribution in [1.82, 2.24) is 4.90 Å². The molecule has 1 aliphatic rings. The lowest BCUT2D eigenvalue weighted by Gasteiger charge is -2.24. The number of aryl methyl sites for hydroxylation is 1. The molecule has 1 aromatic carbocycles. The van der Waals surface area contributed by atoms with Crippen molar-refractivity contribution in [2.45, 2.75) is 24.2 Å². The molecule has 128 valence electrons. The van der Waals surface area contributed by atoms with Gasteiger partial charge in [0.25, 0.3) is 11.8 Å². The van der Waals surface area contributed by atoms with E-state index < -0.39 is 34.8 Å². The Morgan fingerprint density at radius 3 is 2.70 bits per heavy atom. The van der Waals surface area contributed by atoms with E-state index in [1.807, 2.05) is 6.92 Å². The number of nitrogens with zero attached hydrogens (tertiary/aromatic N) is 1. The van der Waals surface area contributed by atoms with Crippen molar-refractivity contribution in [3.05, 3.63) is 29.3 Å². The summed E-state index contributed by atoms with van der Waals surface area (Å²) in [4.78, 5) is 13.7. The van der Waals surface area contributed by atoms with Gasteiger partial charge in [0, 0.05) is 18.4 Å². The summed E-state index contributed by atoms with van der Waals surface area (Å²) in [6.45, 7) is 0.417. The van der Waals surface area contributed by atoms with Gasteiger partial charge in [-0.05, 0) is 24.1 Å². The van der Waals surface area contributed by atoms with Gasteiger partial charge in [0.05, 0.1) is 18.0 Å². The van der Waals surface area contributed by atoms with E-state index >= 15 is 0 Å². The van der Waals surface area contributed by atoms with Crippen LogP contribution in [0, 0.1) is 0 Å². The van der Waals surface area contributed by atoms with Crippen LogP contribution in [0.2, 0.25) is 0 Å². The molecule has 5 nitrogen and oxygen atoms in total. The molecule has 0 unspecified atom stereocenters. The van der Waals surface area contributed by atoms with Crippen molar-refractivity contribution in [2.24, 2.45) is 0 Å². The molecule has 1 aliphatic heterocycles. The molecule has 1 saturated heterocycles. The monoisotopic (exact) mass is 347 g/mol. The molecule has 0 atom stereocenters. The molecule has 0 aromatic heterocycles. The van der Waals surface area contributed by atoms with Gasteiger partial charge in [-0.15, -0.1) is 0 Å². The highest BCUT2D eigenvalue weighted by Gasteiger charge is 2.37. The van der Waals surface area contributed by atoms with E-state index in [0.29, 0.717) is 12.0 Å². The van der Waals surface area contributed by atoms with Crippen LogP contribution in [0.4, 0.5) is 8.78 Å². The summed E-state index contributed by atoms with van der Waals surface area (Å²) in [6.07, 6.45) is 1.53. The first-order valence-electron chi connectivity index (χ1n) is 7.22. The Bertz CT molecular complexity index is 703. The molecular weight excluding hydrogens is 328 g/mol. The second-order valence-electron chi connectivity index (χ2n) is 5.58. The lowest BCUT2D eigenvalue weighted by Crippen LogP contribution is -2.41. The fourth-order valence-electron chi connectivity index (χ4n) is 2.44. The van der Waals surface area contributed by atoms with Gasteiger partial charge in [-0.2, -0.15) is 0 Å². The van der Waals surface area contributed by atoms with E-state index in [9.17, 15) is 22.0 Å². The van der Waals surface area contributed by atoms with Crippen molar-refractivity contribution < 1.29 is 26.7 Å². The largest absolute Gasteiger partial charge is 0.373 e. The SMILES string of the molecule is CCc1ccc(S(C)(=O)=O)cc1C(=O)N1CCOCC(F)(F)C1. The summed E-state index contributed by atoms with van der Waals surface area (Å²) in [5, 5.41) is 0. The first kappa shape index (κ1) is 17.8. The second kappa shape index (κ2) is 6.52. The van der Waals surface area contributed by atoms with E-state index in [-0.39, 0.29) is 23.6 Å². The van der Waals surface area contributed by atoms with E-state index in [1.165, 1.54) is 12.1 Å². The van der Waals surface area contributed by atoms with E-state index in [1.54, 1.807) is 6.07 Å². The van der Waals surface area contributed by atoms with Crippen LogP contribution in [0.25, 0.3) is 0 Å². The third-order valence-corrected chi connectivity index (χ3v) is 4.76. The van der Waals surface area contributed by atoms with Gasteiger partial charge in [0.2, 0.25) is 0 Å². The van der Waals surface area contributed by atoms with Crippen LogP contribution in [-0.2, 0) is 21.0 Å². The van der Waals surface area contributed by atoms with E-state index in [2.05, 4.69) is 0 Å². The number of ether oxygens (including phenoxy) is 1. The number of halogens is 2. The maximum Gasteiger partial charge on any atom is 0.288 e. The van der Waals surface area contributed by atoms with Gasteiger partial charge in [-0.25, -0.2) is 17.2 Å². The number of carbonyl (C=O) groups is 1. The summed E-state index contributed by atoms with van der Waals surface area (Å²) in [7, 11) is -3.49. The Balaban J connectivity index is 2.41. The van der Waals surface area contributed by atoms with Crippen LogP contribution in [0.1, 0.15) is 22.8 Å². The number of hydrogen-bond acceptors (Lipinski definition) is 4. The van der Waals surface area contributed by atoms with Gasteiger partial charge in [0.15, 0.2) is 9.84 Å². The van der Waals surface area contributed by atoms with Crippen LogP contribution in [0.3, 0.4) is 0 Å². The van der Waals surface area contributed by atoms with Crippen molar-refractivity contribution in [3.8, 4) is 0 Å². The van der Waals surface area contributed by atoms with Gasteiger partial charge in [-0.1, -0.05) is 13.0 Å². The molecule has 1 aromatic rings. The summed E-state index contributed by atoms with van der Waals surface area (Å²) >= 11 is 0. The van der Waals surface area contributed by atoms with Crippen LogP contribution < -0.4 is 0 Å². The second-order valence-corrected chi connectivity index (χ2v) is 7.60. The van der Waals surface area contributed by atoms with Crippen molar-refractivity contribution in [1.29, 1.82) is 0 Å². The molecule has 0 bridgehead atoms. The lowest BCUT2D eigenvalue weighted by atomic mass is 10.0. The summed E-state index contributed by atoms with van der Waals surface area (Å²) in [6, 6.07) is 4.24. The molecular formula is C15H19F2NO4S. The maximum atomic E-state index is 13.6. The number of carbonyl (C=O) groups excluding carboxylic acids is 1. The van der Waals surface area contributed by atoms with E-state index in [4.69, 9.17) is 4.74 Å². The fraction of sp³-hybridized carbons (Fsp3) is 0.533. The molecule has 0 saturated carbocycles. The molecule has 1 fully saturated rings.